The van der Waals surface area contributed by atoms with Gasteiger partial charge in [-0.3, -0.25) is 0 Å². The molecule has 0 aliphatic carbocycles. The van der Waals surface area contributed by atoms with E-state index in [2.05, 4.69) is 4.98 Å². The standard InChI is InChI=1S/C12H10F3NS/c1-2-8-7-17-11(16-8)9-5-3-4-6-10(9)12(13,14)15/h3-7H,2H2,1H3. The van der Waals surface area contributed by atoms with Gasteiger partial charge in [0.2, 0.25) is 0 Å². The average Bonchev–Trinajstić information content (AvgIpc) is 2.76. The molecule has 2 rings (SSSR count). The van der Waals surface area contributed by atoms with Gasteiger partial charge in [-0.2, -0.15) is 13.2 Å². The number of nitrogens with zero attached hydrogens (tertiary/aromatic N) is 1. The monoisotopic (exact) mass is 257 g/mol. The van der Waals surface area contributed by atoms with Crippen molar-refractivity contribution in [2.24, 2.45) is 0 Å². The Morgan fingerprint density at radius 2 is 1.94 bits per heavy atom. The molecular weight excluding hydrogens is 247 g/mol. The van der Waals surface area contributed by atoms with E-state index >= 15 is 0 Å². The van der Waals surface area contributed by atoms with Crippen molar-refractivity contribution in [3.63, 3.8) is 0 Å². The number of hydrogen-bond acceptors (Lipinski definition) is 2. The lowest BCUT2D eigenvalue weighted by atomic mass is 10.1. The third-order valence-corrected chi connectivity index (χ3v) is 3.30. The predicted molar refractivity (Wildman–Crippen MR) is 61.9 cm³/mol. The van der Waals surface area contributed by atoms with Crippen molar-refractivity contribution in [1.82, 2.24) is 4.98 Å². The lowest BCUT2D eigenvalue weighted by Crippen LogP contribution is -2.06. The molecule has 0 bridgehead atoms. The predicted octanol–water partition coefficient (Wildman–Crippen LogP) is 4.39. The lowest BCUT2D eigenvalue weighted by Gasteiger charge is -2.10. The topological polar surface area (TPSA) is 12.9 Å². The van der Waals surface area contributed by atoms with Crippen LogP contribution in [0.2, 0.25) is 0 Å². The summed E-state index contributed by atoms with van der Waals surface area (Å²) in [4.78, 5) is 4.19. The van der Waals surface area contributed by atoms with Gasteiger partial charge in [-0.05, 0) is 12.5 Å². The highest BCUT2D eigenvalue weighted by atomic mass is 32.1. The molecule has 0 aliphatic heterocycles. The van der Waals surface area contributed by atoms with E-state index in [1.807, 2.05) is 6.92 Å². The molecule has 0 unspecified atom stereocenters. The van der Waals surface area contributed by atoms with Gasteiger partial charge in [0.1, 0.15) is 5.01 Å². The molecule has 0 aliphatic rings. The fourth-order valence-electron chi connectivity index (χ4n) is 1.51. The van der Waals surface area contributed by atoms with Crippen LogP contribution in [0.4, 0.5) is 13.2 Å². The van der Waals surface area contributed by atoms with Gasteiger partial charge in [0.05, 0.1) is 11.3 Å². The molecule has 0 saturated carbocycles. The van der Waals surface area contributed by atoms with E-state index in [4.69, 9.17) is 0 Å². The van der Waals surface area contributed by atoms with Crippen LogP contribution in [0.5, 0.6) is 0 Å². The Bertz CT molecular complexity index is 516. The van der Waals surface area contributed by atoms with E-state index in [1.165, 1.54) is 23.5 Å². The molecule has 0 fully saturated rings. The van der Waals surface area contributed by atoms with Gasteiger partial charge >= 0.3 is 6.18 Å². The molecule has 0 radical (unpaired) electrons. The van der Waals surface area contributed by atoms with E-state index in [0.717, 1.165) is 18.2 Å². The number of benzene rings is 1. The molecule has 1 aromatic carbocycles. The molecular formula is C12H10F3NS. The summed E-state index contributed by atoms with van der Waals surface area (Å²) in [6.45, 7) is 1.93. The second-order valence-electron chi connectivity index (χ2n) is 3.54. The van der Waals surface area contributed by atoms with Crippen molar-refractivity contribution in [1.29, 1.82) is 0 Å². The van der Waals surface area contributed by atoms with Gasteiger partial charge in [-0.25, -0.2) is 4.98 Å². The Hall–Kier alpha value is -1.36. The number of alkyl halides is 3. The van der Waals surface area contributed by atoms with Crippen molar-refractivity contribution >= 4 is 11.3 Å². The minimum atomic E-state index is -4.34. The van der Waals surface area contributed by atoms with Crippen molar-refractivity contribution in [2.75, 3.05) is 0 Å². The molecule has 1 nitrogen and oxygen atoms in total. The van der Waals surface area contributed by atoms with Crippen LogP contribution in [0.15, 0.2) is 29.6 Å². The van der Waals surface area contributed by atoms with Gasteiger partial charge in [-0.15, -0.1) is 11.3 Å². The summed E-state index contributed by atoms with van der Waals surface area (Å²) >= 11 is 1.25. The Morgan fingerprint density at radius 1 is 1.24 bits per heavy atom. The van der Waals surface area contributed by atoms with E-state index in [-0.39, 0.29) is 5.56 Å². The minimum Gasteiger partial charge on any atom is -0.241 e. The van der Waals surface area contributed by atoms with Crippen LogP contribution >= 0.6 is 11.3 Å². The highest BCUT2D eigenvalue weighted by Crippen LogP contribution is 2.37. The first-order valence-corrected chi connectivity index (χ1v) is 6.01. The van der Waals surface area contributed by atoms with Gasteiger partial charge in [0.15, 0.2) is 0 Å². The third kappa shape index (κ3) is 2.49. The molecule has 0 spiro atoms. The van der Waals surface area contributed by atoms with Gasteiger partial charge in [0.25, 0.3) is 0 Å². The quantitative estimate of drug-likeness (QED) is 0.777. The Kier molecular flexibility index (Phi) is 3.19. The van der Waals surface area contributed by atoms with Crippen LogP contribution in [-0.4, -0.2) is 4.98 Å². The number of aryl methyl sites for hydroxylation is 1. The summed E-state index contributed by atoms with van der Waals surface area (Å²) in [6, 6.07) is 5.53. The largest absolute Gasteiger partial charge is 0.417 e. The lowest BCUT2D eigenvalue weighted by molar-refractivity contribution is -0.137. The summed E-state index contributed by atoms with van der Waals surface area (Å²) in [6.07, 6.45) is -3.61. The van der Waals surface area contributed by atoms with Crippen LogP contribution < -0.4 is 0 Å². The van der Waals surface area contributed by atoms with Crippen molar-refractivity contribution in [2.45, 2.75) is 19.5 Å². The molecule has 1 heterocycles. The number of thiazole rings is 1. The van der Waals surface area contributed by atoms with E-state index < -0.39 is 11.7 Å². The first-order chi connectivity index (χ1) is 8.02. The molecule has 0 amide bonds. The maximum Gasteiger partial charge on any atom is 0.417 e. The number of halogens is 3. The Balaban J connectivity index is 2.52. The van der Waals surface area contributed by atoms with Crippen molar-refractivity contribution in [3.05, 3.63) is 40.9 Å². The number of aromatic nitrogens is 1. The average molecular weight is 257 g/mol. The van der Waals surface area contributed by atoms with Gasteiger partial charge in [0, 0.05) is 10.9 Å². The minimum absolute atomic E-state index is 0.157. The van der Waals surface area contributed by atoms with Crippen molar-refractivity contribution < 1.29 is 13.2 Å². The first-order valence-electron chi connectivity index (χ1n) is 5.13. The van der Waals surface area contributed by atoms with E-state index in [0.29, 0.717) is 5.01 Å². The second kappa shape index (κ2) is 4.49. The molecule has 17 heavy (non-hydrogen) atoms. The highest BCUT2D eigenvalue weighted by molar-refractivity contribution is 7.13. The van der Waals surface area contributed by atoms with Gasteiger partial charge < -0.3 is 0 Å². The maximum atomic E-state index is 12.8. The molecule has 90 valence electrons. The molecule has 0 atom stereocenters. The fraction of sp³-hybridized carbons (Fsp3) is 0.250. The fourth-order valence-corrected chi connectivity index (χ4v) is 2.45. The Labute approximate surface area is 101 Å². The molecule has 0 saturated heterocycles. The first kappa shape index (κ1) is 12.1. The molecule has 5 heteroatoms. The zero-order chi connectivity index (χ0) is 12.5. The number of hydrogen-bond donors (Lipinski definition) is 0. The zero-order valence-corrected chi connectivity index (χ0v) is 9.90. The van der Waals surface area contributed by atoms with E-state index in [1.54, 1.807) is 11.4 Å². The summed E-state index contributed by atoms with van der Waals surface area (Å²) in [5.41, 5.74) is 0.351. The van der Waals surface area contributed by atoms with Crippen LogP contribution in [-0.2, 0) is 12.6 Å². The number of rotatable bonds is 2. The molecule has 2 aromatic rings. The molecule has 1 aromatic heterocycles. The van der Waals surface area contributed by atoms with Crippen molar-refractivity contribution in [3.8, 4) is 10.6 Å². The van der Waals surface area contributed by atoms with Crippen LogP contribution in [0.3, 0.4) is 0 Å². The van der Waals surface area contributed by atoms with Crippen LogP contribution in [0, 0.1) is 0 Å². The molecule has 0 N–H and O–H groups in total. The van der Waals surface area contributed by atoms with Crippen LogP contribution in [0.1, 0.15) is 18.2 Å². The maximum absolute atomic E-state index is 12.8. The second-order valence-corrected chi connectivity index (χ2v) is 4.40. The summed E-state index contributed by atoms with van der Waals surface area (Å²) in [5.74, 6) is 0. The third-order valence-electron chi connectivity index (χ3n) is 2.38. The van der Waals surface area contributed by atoms with E-state index in [9.17, 15) is 13.2 Å². The SMILES string of the molecule is CCc1csc(-c2ccccc2C(F)(F)F)n1. The summed E-state index contributed by atoms with van der Waals surface area (Å²) < 4.78 is 38.4. The Morgan fingerprint density at radius 3 is 2.53 bits per heavy atom. The van der Waals surface area contributed by atoms with Crippen LogP contribution in [0.25, 0.3) is 10.6 Å². The zero-order valence-electron chi connectivity index (χ0n) is 9.08. The smallest absolute Gasteiger partial charge is 0.241 e. The normalized spacial score (nSPS) is 11.8. The highest BCUT2D eigenvalue weighted by Gasteiger charge is 2.33. The summed E-state index contributed by atoms with van der Waals surface area (Å²) in [7, 11) is 0. The summed E-state index contributed by atoms with van der Waals surface area (Å²) in [5, 5.41) is 2.22. The van der Waals surface area contributed by atoms with Gasteiger partial charge in [-0.1, -0.05) is 25.1 Å².